The fourth-order valence-electron chi connectivity index (χ4n) is 2.30. The summed E-state index contributed by atoms with van der Waals surface area (Å²) in [7, 11) is 2.11. The first-order valence-electron chi connectivity index (χ1n) is 6.51. The molecule has 2 aromatic carbocycles. The van der Waals surface area contributed by atoms with Crippen LogP contribution >= 0.6 is 31.9 Å². The number of halogens is 2. The Balaban J connectivity index is 2.20. The van der Waals surface area contributed by atoms with E-state index in [4.69, 9.17) is 5.73 Å². The van der Waals surface area contributed by atoms with Gasteiger partial charge < -0.3 is 5.73 Å². The summed E-state index contributed by atoms with van der Waals surface area (Å²) in [6, 6.07) is 16.7. The highest BCUT2D eigenvalue weighted by Gasteiger charge is 2.18. The third kappa shape index (κ3) is 3.70. The third-order valence-electron chi connectivity index (χ3n) is 3.40. The molecule has 2 nitrogen and oxygen atoms in total. The van der Waals surface area contributed by atoms with E-state index in [0.29, 0.717) is 6.54 Å². The molecule has 1 unspecified atom stereocenters. The molecular formula is C16H18Br2N2. The second-order valence-corrected chi connectivity index (χ2v) is 6.49. The van der Waals surface area contributed by atoms with Crippen molar-refractivity contribution >= 4 is 31.9 Å². The van der Waals surface area contributed by atoms with Crippen molar-refractivity contribution in [2.75, 3.05) is 13.6 Å². The van der Waals surface area contributed by atoms with E-state index in [-0.39, 0.29) is 6.04 Å². The number of rotatable bonds is 5. The van der Waals surface area contributed by atoms with Crippen molar-refractivity contribution in [3.8, 4) is 0 Å². The summed E-state index contributed by atoms with van der Waals surface area (Å²) < 4.78 is 2.24. The molecule has 0 fully saturated rings. The Morgan fingerprint density at radius 3 is 2.20 bits per heavy atom. The predicted molar refractivity (Wildman–Crippen MR) is 91.5 cm³/mol. The minimum absolute atomic E-state index is 0.192. The number of benzene rings is 2. The summed E-state index contributed by atoms with van der Waals surface area (Å²) in [5.74, 6) is 0. The molecule has 0 bridgehead atoms. The van der Waals surface area contributed by atoms with Gasteiger partial charge >= 0.3 is 0 Å². The maximum atomic E-state index is 5.99. The Morgan fingerprint density at radius 2 is 1.60 bits per heavy atom. The molecule has 0 radical (unpaired) electrons. The van der Waals surface area contributed by atoms with E-state index in [1.807, 2.05) is 12.1 Å². The van der Waals surface area contributed by atoms with E-state index in [2.05, 4.69) is 80.2 Å². The molecule has 0 aliphatic rings. The standard InChI is InChI=1S/C16H18Br2N2/c1-20(11-12-6-2-4-8-14(12)17)16(10-19)13-7-3-5-9-15(13)18/h2-9,16H,10-11,19H2,1H3. The van der Waals surface area contributed by atoms with Gasteiger partial charge in [-0.05, 0) is 30.3 Å². The van der Waals surface area contributed by atoms with Crippen molar-refractivity contribution in [2.45, 2.75) is 12.6 Å². The Hall–Kier alpha value is -0.680. The van der Waals surface area contributed by atoms with Crippen LogP contribution in [0.15, 0.2) is 57.5 Å². The van der Waals surface area contributed by atoms with Gasteiger partial charge in [-0.1, -0.05) is 68.3 Å². The molecule has 4 heteroatoms. The molecular weight excluding hydrogens is 380 g/mol. The largest absolute Gasteiger partial charge is 0.329 e. The van der Waals surface area contributed by atoms with Crippen LogP contribution in [0.2, 0.25) is 0 Å². The second kappa shape index (κ2) is 7.36. The van der Waals surface area contributed by atoms with Crippen LogP contribution in [0.4, 0.5) is 0 Å². The number of nitrogens with two attached hydrogens (primary N) is 1. The topological polar surface area (TPSA) is 29.3 Å². The lowest BCUT2D eigenvalue weighted by Gasteiger charge is -2.28. The fraction of sp³-hybridized carbons (Fsp3) is 0.250. The molecule has 0 amide bonds. The summed E-state index contributed by atoms with van der Waals surface area (Å²) in [4.78, 5) is 2.28. The summed E-state index contributed by atoms with van der Waals surface area (Å²) in [6.07, 6.45) is 0. The maximum Gasteiger partial charge on any atom is 0.0482 e. The van der Waals surface area contributed by atoms with Crippen LogP contribution in [0.25, 0.3) is 0 Å². The van der Waals surface area contributed by atoms with Gasteiger partial charge in [-0.3, -0.25) is 4.90 Å². The van der Waals surface area contributed by atoms with Gasteiger partial charge in [0, 0.05) is 28.1 Å². The monoisotopic (exact) mass is 396 g/mol. The molecule has 1 atom stereocenters. The van der Waals surface area contributed by atoms with Gasteiger partial charge in [0.25, 0.3) is 0 Å². The molecule has 0 heterocycles. The Labute approximate surface area is 137 Å². The highest BCUT2D eigenvalue weighted by Crippen LogP contribution is 2.28. The predicted octanol–water partition coefficient (Wildman–Crippen LogP) is 4.34. The second-order valence-electron chi connectivity index (χ2n) is 4.78. The quantitative estimate of drug-likeness (QED) is 0.812. The lowest BCUT2D eigenvalue weighted by atomic mass is 10.1. The molecule has 2 rings (SSSR count). The molecule has 0 aliphatic carbocycles. The van der Waals surface area contributed by atoms with E-state index in [1.54, 1.807) is 0 Å². The summed E-state index contributed by atoms with van der Waals surface area (Å²) in [6.45, 7) is 1.44. The molecule has 0 aromatic heterocycles. The smallest absolute Gasteiger partial charge is 0.0482 e. The average molecular weight is 398 g/mol. The number of hydrogen-bond donors (Lipinski definition) is 1. The van der Waals surface area contributed by atoms with E-state index < -0.39 is 0 Å². The number of likely N-dealkylation sites (N-methyl/N-ethyl adjacent to an activating group) is 1. The molecule has 2 N–H and O–H groups in total. The van der Waals surface area contributed by atoms with Crippen LogP contribution in [-0.2, 0) is 6.54 Å². The van der Waals surface area contributed by atoms with Crippen molar-refractivity contribution in [3.63, 3.8) is 0 Å². The van der Waals surface area contributed by atoms with Crippen LogP contribution < -0.4 is 5.73 Å². The third-order valence-corrected chi connectivity index (χ3v) is 4.89. The minimum atomic E-state index is 0.192. The van der Waals surface area contributed by atoms with Crippen molar-refractivity contribution < 1.29 is 0 Å². The van der Waals surface area contributed by atoms with Crippen LogP contribution in [0.1, 0.15) is 17.2 Å². The minimum Gasteiger partial charge on any atom is -0.329 e. The van der Waals surface area contributed by atoms with E-state index in [1.165, 1.54) is 11.1 Å². The van der Waals surface area contributed by atoms with Gasteiger partial charge in [0.05, 0.1) is 0 Å². The highest BCUT2D eigenvalue weighted by atomic mass is 79.9. The van der Waals surface area contributed by atoms with Gasteiger partial charge in [-0.15, -0.1) is 0 Å². The molecule has 2 aromatic rings. The van der Waals surface area contributed by atoms with Crippen LogP contribution in [0.5, 0.6) is 0 Å². The van der Waals surface area contributed by atoms with E-state index >= 15 is 0 Å². The lowest BCUT2D eigenvalue weighted by molar-refractivity contribution is 0.240. The SMILES string of the molecule is CN(Cc1ccccc1Br)C(CN)c1ccccc1Br. The summed E-state index contributed by atoms with van der Waals surface area (Å²) in [5.41, 5.74) is 8.48. The first-order chi connectivity index (χ1) is 9.63. The van der Waals surface area contributed by atoms with Gasteiger partial charge in [0.15, 0.2) is 0 Å². The van der Waals surface area contributed by atoms with Crippen molar-refractivity contribution in [3.05, 3.63) is 68.6 Å². The average Bonchev–Trinajstić information content (AvgIpc) is 2.44. The molecule has 106 valence electrons. The summed E-state index contributed by atoms with van der Waals surface area (Å²) in [5, 5.41) is 0. The van der Waals surface area contributed by atoms with Gasteiger partial charge in [-0.2, -0.15) is 0 Å². The molecule has 0 aliphatic heterocycles. The Morgan fingerprint density at radius 1 is 1.00 bits per heavy atom. The van der Waals surface area contributed by atoms with Crippen molar-refractivity contribution in [1.29, 1.82) is 0 Å². The highest BCUT2D eigenvalue weighted by molar-refractivity contribution is 9.10. The van der Waals surface area contributed by atoms with E-state index in [9.17, 15) is 0 Å². The number of hydrogen-bond acceptors (Lipinski definition) is 2. The zero-order valence-corrected chi connectivity index (χ0v) is 14.6. The molecule has 0 spiro atoms. The van der Waals surface area contributed by atoms with E-state index in [0.717, 1.165) is 15.5 Å². The molecule has 0 saturated heterocycles. The Kier molecular flexibility index (Phi) is 5.78. The normalized spacial score (nSPS) is 12.7. The first kappa shape index (κ1) is 15.7. The Bertz CT molecular complexity index is 572. The fourth-order valence-corrected chi connectivity index (χ4v) is 3.25. The number of nitrogens with zero attached hydrogens (tertiary/aromatic N) is 1. The van der Waals surface area contributed by atoms with Crippen molar-refractivity contribution in [2.24, 2.45) is 5.73 Å². The summed E-state index contributed by atoms with van der Waals surface area (Å²) >= 11 is 7.21. The molecule has 20 heavy (non-hydrogen) atoms. The van der Waals surface area contributed by atoms with Gasteiger partial charge in [0.1, 0.15) is 0 Å². The molecule has 0 saturated carbocycles. The zero-order chi connectivity index (χ0) is 14.5. The van der Waals surface area contributed by atoms with Crippen molar-refractivity contribution in [1.82, 2.24) is 4.90 Å². The zero-order valence-electron chi connectivity index (χ0n) is 11.4. The maximum absolute atomic E-state index is 5.99. The van der Waals surface area contributed by atoms with Crippen LogP contribution in [0.3, 0.4) is 0 Å². The van der Waals surface area contributed by atoms with Crippen LogP contribution in [0, 0.1) is 0 Å². The van der Waals surface area contributed by atoms with Gasteiger partial charge in [0.2, 0.25) is 0 Å². The van der Waals surface area contributed by atoms with Gasteiger partial charge in [-0.25, -0.2) is 0 Å². The van der Waals surface area contributed by atoms with Crippen LogP contribution in [-0.4, -0.2) is 18.5 Å². The first-order valence-corrected chi connectivity index (χ1v) is 8.10. The lowest BCUT2D eigenvalue weighted by Crippen LogP contribution is -2.30.